The number of hydrogen-bond donors (Lipinski definition) is 1. The summed E-state index contributed by atoms with van der Waals surface area (Å²) in [6, 6.07) is 51.3. The van der Waals surface area contributed by atoms with Crippen molar-refractivity contribution in [3.8, 4) is 67.5 Å². The first-order valence-electron chi connectivity index (χ1n) is 22.1. The third kappa shape index (κ3) is 8.24. The molecule has 0 unspecified atom stereocenters. The van der Waals surface area contributed by atoms with Gasteiger partial charge >= 0.3 is 0 Å². The Kier molecular flexibility index (Phi) is 11.3. The van der Waals surface area contributed by atoms with Gasteiger partial charge in [-0.1, -0.05) is 171 Å². The van der Waals surface area contributed by atoms with Crippen LogP contribution in [0, 0.1) is 6.07 Å². The molecule has 0 amide bonds. The van der Waals surface area contributed by atoms with Crippen LogP contribution in [0.3, 0.4) is 0 Å². The maximum atomic E-state index is 12.2. The monoisotopic (exact) mass is 1010 g/mol. The van der Waals surface area contributed by atoms with Crippen LogP contribution in [0.2, 0.25) is 0 Å². The van der Waals surface area contributed by atoms with Crippen LogP contribution in [-0.2, 0) is 42.7 Å². The number of hydrogen-bond acceptors (Lipinski definition) is 3. The molecular formula is C58H58N3OPt-. The van der Waals surface area contributed by atoms with E-state index in [-0.39, 0.29) is 48.5 Å². The minimum atomic E-state index is -0.151. The predicted molar refractivity (Wildman–Crippen MR) is 259 cm³/mol. The van der Waals surface area contributed by atoms with Gasteiger partial charge in [0, 0.05) is 38.5 Å². The van der Waals surface area contributed by atoms with Crippen LogP contribution >= 0.6 is 0 Å². The van der Waals surface area contributed by atoms with Crippen molar-refractivity contribution in [2.24, 2.45) is 0 Å². The second-order valence-corrected chi connectivity index (χ2v) is 20.7. The Hall–Kier alpha value is -5.57. The van der Waals surface area contributed by atoms with Gasteiger partial charge in [-0.25, -0.2) is 4.98 Å². The van der Waals surface area contributed by atoms with E-state index in [4.69, 9.17) is 9.97 Å². The second kappa shape index (κ2) is 16.2. The molecule has 322 valence electrons. The van der Waals surface area contributed by atoms with E-state index in [0.717, 1.165) is 79.8 Å². The predicted octanol–water partition coefficient (Wildman–Crippen LogP) is 15.2. The summed E-state index contributed by atoms with van der Waals surface area (Å²) in [5, 5.41) is 12.2. The minimum absolute atomic E-state index is 0. The third-order valence-electron chi connectivity index (χ3n) is 13.3. The topological polar surface area (TPSA) is 50.9 Å². The normalized spacial score (nSPS) is 14.6. The second-order valence-electron chi connectivity index (χ2n) is 20.7. The van der Waals surface area contributed by atoms with E-state index in [9.17, 15) is 5.11 Å². The van der Waals surface area contributed by atoms with Crippen LogP contribution < -0.4 is 0 Å². The zero-order chi connectivity index (χ0) is 43.8. The molecule has 8 aromatic rings. The molecule has 2 aromatic heterocycles. The van der Waals surface area contributed by atoms with Crippen LogP contribution in [0.15, 0.2) is 140 Å². The van der Waals surface area contributed by atoms with Gasteiger partial charge in [-0.3, -0.25) is 9.55 Å². The van der Waals surface area contributed by atoms with Gasteiger partial charge in [-0.15, -0.1) is 29.3 Å². The molecule has 0 atom stereocenters. The van der Waals surface area contributed by atoms with E-state index in [0.29, 0.717) is 5.82 Å². The molecule has 0 bridgehead atoms. The molecule has 9 rings (SSSR count). The Bertz CT molecular complexity index is 2980. The summed E-state index contributed by atoms with van der Waals surface area (Å²) in [6.45, 7) is 22.8. The number of benzene rings is 6. The molecule has 6 aromatic carbocycles. The number of pyridine rings is 1. The Morgan fingerprint density at radius 1 is 0.571 bits per heavy atom. The van der Waals surface area contributed by atoms with Crippen molar-refractivity contribution in [2.75, 3.05) is 0 Å². The molecule has 2 heterocycles. The smallest absolute Gasteiger partial charge is 0.148 e. The number of fused-ring (bicyclic) bond motifs is 2. The van der Waals surface area contributed by atoms with Crippen LogP contribution in [0.1, 0.15) is 104 Å². The fourth-order valence-corrected chi connectivity index (χ4v) is 9.26. The van der Waals surface area contributed by atoms with E-state index >= 15 is 0 Å². The molecule has 5 heteroatoms. The molecule has 1 aliphatic carbocycles. The van der Waals surface area contributed by atoms with E-state index in [1.807, 2.05) is 12.3 Å². The molecule has 0 aliphatic heterocycles. The number of phenols is 1. The summed E-state index contributed by atoms with van der Waals surface area (Å²) in [7, 11) is 0. The molecular weight excluding hydrogens is 950 g/mol. The van der Waals surface area contributed by atoms with Gasteiger partial charge in [0.2, 0.25) is 0 Å². The Morgan fingerprint density at radius 3 is 1.87 bits per heavy atom. The maximum Gasteiger partial charge on any atom is 0.148 e. The standard InChI is InChI=1S/C58H58N3O.Pt/c1-55(2,3)42-25-23-37(24-26-42)39-27-30-59-49(34-39)41-31-40(32-43(33-41)56(4,5)6)45-20-16-22-51-53(45)60-54(61(51)50-21-15-14-19-44(50)38-17-12-11-13-18-38)46-35-47-48(36-52(46)62)58(9,10)29-28-57(47,7)8;/h11-27,30,32-36,62H,28-29H2,1-10H3;/q-1;. The first-order valence-corrected chi connectivity index (χ1v) is 22.1. The number of nitrogens with zero attached hydrogens (tertiary/aromatic N) is 3. The third-order valence-corrected chi connectivity index (χ3v) is 13.3. The molecule has 0 spiro atoms. The van der Waals surface area contributed by atoms with Gasteiger partial charge in [0.1, 0.15) is 11.6 Å². The van der Waals surface area contributed by atoms with E-state index in [2.05, 4.69) is 207 Å². The zero-order valence-corrected chi connectivity index (χ0v) is 40.6. The molecule has 1 N–H and O–H groups in total. The van der Waals surface area contributed by atoms with E-state index < -0.39 is 0 Å². The van der Waals surface area contributed by atoms with Crippen molar-refractivity contribution in [3.05, 3.63) is 168 Å². The van der Waals surface area contributed by atoms with Crippen LogP contribution in [0.5, 0.6) is 5.75 Å². The van der Waals surface area contributed by atoms with Crippen LogP contribution in [-0.4, -0.2) is 19.6 Å². The molecule has 0 radical (unpaired) electrons. The maximum absolute atomic E-state index is 12.2. The van der Waals surface area contributed by atoms with Crippen LogP contribution in [0.4, 0.5) is 0 Å². The Morgan fingerprint density at radius 2 is 1.19 bits per heavy atom. The summed E-state index contributed by atoms with van der Waals surface area (Å²) >= 11 is 0. The largest absolute Gasteiger partial charge is 0.507 e. The molecule has 0 saturated heterocycles. The van der Waals surface area contributed by atoms with Crippen molar-refractivity contribution >= 4 is 11.0 Å². The van der Waals surface area contributed by atoms with Gasteiger partial charge in [0.15, 0.2) is 0 Å². The van der Waals surface area contributed by atoms with Crippen molar-refractivity contribution in [1.29, 1.82) is 0 Å². The van der Waals surface area contributed by atoms with Crippen molar-refractivity contribution in [1.82, 2.24) is 14.5 Å². The number of rotatable bonds is 6. The zero-order valence-electron chi connectivity index (χ0n) is 38.3. The fraction of sp³-hybridized carbons (Fsp3) is 0.276. The quantitative estimate of drug-likeness (QED) is 0.169. The summed E-state index contributed by atoms with van der Waals surface area (Å²) in [5.74, 6) is 0.946. The molecule has 4 nitrogen and oxygen atoms in total. The van der Waals surface area contributed by atoms with Gasteiger partial charge in [0.25, 0.3) is 0 Å². The van der Waals surface area contributed by atoms with Gasteiger partial charge in [-0.05, 0) is 98.2 Å². The Balaban J connectivity index is 0.00000544. The Labute approximate surface area is 388 Å². The van der Waals surface area contributed by atoms with Gasteiger partial charge in [-0.2, -0.15) is 0 Å². The molecule has 0 saturated carbocycles. The van der Waals surface area contributed by atoms with Crippen molar-refractivity contribution in [3.63, 3.8) is 0 Å². The van der Waals surface area contributed by atoms with E-state index in [1.54, 1.807) is 0 Å². The average molecular weight is 1010 g/mol. The first-order chi connectivity index (χ1) is 29.4. The fourth-order valence-electron chi connectivity index (χ4n) is 9.26. The molecule has 63 heavy (non-hydrogen) atoms. The number of aromatic nitrogens is 3. The summed E-state index contributed by atoms with van der Waals surface area (Å²) in [5.41, 5.74) is 16.5. The number of para-hydroxylation sites is 2. The number of imidazole rings is 1. The molecule has 1 aliphatic rings. The van der Waals surface area contributed by atoms with Gasteiger partial charge in [0.05, 0.1) is 22.3 Å². The van der Waals surface area contributed by atoms with Crippen molar-refractivity contribution in [2.45, 2.75) is 104 Å². The molecule has 0 fully saturated rings. The van der Waals surface area contributed by atoms with Crippen LogP contribution in [0.25, 0.3) is 72.7 Å². The summed E-state index contributed by atoms with van der Waals surface area (Å²) < 4.78 is 2.26. The number of phenolic OH excluding ortho intramolecular Hbond substituents is 1. The number of aromatic hydroxyl groups is 1. The van der Waals surface area contributed by atoms with Gasteiger partial charge < -0.3 is 5.11 Å². The van der Waals surface area contributed by atoms with Crippen molar-refractivity contribution < 1.29 is 26.2 Å². The first kappa shape index (κ1) is 44.1. The van der Waals surface area contributed by atoms with E-state index in [1.165, 1.54) is 22.3 Å². The summed E-state index contributed by atoms with van der Waals surface area (Å²) in [4.78, 5) is 10.5. The summed E-state index contributed by atoms with van der Waals surface area (Å²) in [6.07, 6.45) is 4.04. The average Bonchev–Trinajstić information content (AvgIpc) is 3.64. The SMILES string of the molecule is CC(C)(C)c1ccc(-c2ccnc(-c3[c-]c(-c4cccc5c4nc(-c4cc6c(cc4O)C(C)(C)CCC6(C)C)n5-c4ccccc4-c4ccccc4)cc(C(C)(C)C)c3)c2)cc1.[Pt]. The minimum Gasteiger partial charge on any atom is -0.507 e.